The highest BCUT2D eigenvalue weighted by Crippen LogP contribution is 2.32. The second-order valence-corrected chi connectivity index (χ2v) is 8.47. The molecule has 1 aliphatic heterocycles. The van der Waals surface area contributed by atoms with Gasteiger partial charge in [-0.2, -0.15) is 0 Å². The van der Waals surface area contributed by atoms with Gasteiger partial charge in [0.05, 0.1) is 24.6 Å². The number of piperidine rings is 1. The SMILES string of the molecule is CCOc1cc(CN2CCC(n3cnc4c(=O)[nH]ccc43)CC2)ccc1OC(CC)CC. The van der Waals surface area contributed by atoms with Crippen molar-refractivity contribution < 1.29 is 9.47 Å². The third-order valence-electron chi connectivity index (χ3n) is 6.37. The van der Waals surface area contributed by atoms with E-state index >= 15 is 0 Å². The summed E-state index contributed by atoms with van der Waals surface area (Å²) in [7, 11) is 0. The van der Waals surface area contributed by atoms with Crippen molar-refractivity contribution in [2.75, 3.05) is 19.7 Å². The van der Waals surface area contributed by atoms with E-state index in [0.29, 0.717) is 18.2 Å². The third-order valence-corrected chi connectivity index (χ3v) is 6.37. The number of imidazole rings is 1. The molecule has 0 unspecified atom stereocenters. The summed E-state index contributed by atoms with van der Waals surface area (Å²) in [6, 6.07) is 8.65. The molecule has 7 heteroatoms. The maximum atomic E-state index is 12.0. The lowest BCUT2D eigenvalue weighted by Gasteiger charge is -2.33. The molecular formula is C25H34N4O3. The van der Waals surface area contributed by atoms with Gasteiger partial charge in [0.25, 0.3) is 5.56 Å². The van der Waals surface area contributed by atoms with E-state index in [-0.39, 0.29) is 11.7 Å². The second-order valence-electron chi connectivity index (χ2n) is 8.47. The molecule has 1 aromatic carbocycles. The molecule has 0 saturated carbocycles. The van der Waals surface area contributed by atoms with E-state index < -0.39 is 0 Å². The fourth-order valence-corrected chi connectivity index (χ4v) is 4.53. The smallest absolute Gasteiger partial charge is 0.276 e. The molecule has 3 aromatic rings. The fourth-order valence-electron chi connectivity index (χ4n) is 4.53. The summed E-state index contributed by atoms with van der Waals surface area (Å²) in [5.74, 6) is 1.67. The molecule has 0 spiro atoms. The number of hydrogen-bond acceptors (Lipinski definition) is 5. The average Bonchev–Trinajstić information content (AvgIpc) is 3.25. The van der Waals surface area contributed by atoms with Crippen LogP contribution in [0.1, 0.15) is 58.1 Å². The van der Waals surface area contributed by atoms with Gasteiger partial charge in [-0.15, -0.1) is 0 Å². The molecule has 1 fully saturated rings. The zero-order chi connectivity index (χ0) is 22.5. The minimum absolute atomic E-state index is 0.125. The van der Waals surface area contributed by atoms with E-state index in [0.717, 1.165) is 62.3 Å². The molecular weight excluding hydrogens is 404 g/mol. The topological polar surface area (TPSA) is 72.4 Å². The molecule has 0 aliphatic carbocycles. The van der Waals surface area contributed by atoms with Crippen LogP contribution < -0.4 is 15.0 Å². The third kappa shape index (κ3) is 4.83. The lowest BCUT2D eigenvalue weighted by molar-refractivity contribution is 0.177. The molecule has 32 heavy (non-hydrogen) atoms. The summed E-state index contributed by atoms with van der Waals surface area (Å²) >= 11 is 0. The predicted octanol–water partition coefficient (Wildman–Crippen LogP) is 4.53. The summed E-state index contributed by atoms with van der Waals surface area (Å²) in [6.45, 7) is 9.82. The first-order valence-electron chi connectivity index (χ1n) is 11.8. The van der Waals surface area contributed by atoms with Crippen LogP contribution in [0.2, 0.25) is 0 Å². The first-order chi connectivity index (χ1) is 15.6. The molecule has 1 aliphatic rings. The Morgan fingerprint density at radius 3 is 2.62 bits per heavy atom. The Morgan fingerprint density at radius 2 is 1.91 bits per heavy atom. The summed E-state index contributed by atoms with van der Waals surface area (Å²) in [6.07, 6.45) is 7.77. The van der Waals surface area contributed by atoms with Gasteiger partial charge in [0.15, 0.2) is 17.0 Å². The van der Waals surface area contributed by atoms with Crippen LogP contribution in [0.4, 0.5) is 0 Å². The monoisotopic (exact) mass is 438 g/mol. The molecule has 3 heterocycles. The Labute approximate surface area is 189 Å². The molecule has 1 N–H and O–H groups in total. The van der Waals surface area contributed by atoms with Crippen LogP contribution in [0, 0.1) is 0 Å². The molecule has 7 nitrogen and oxygen atoms in total. The number of nitrogens with zero attached hydrogens (tertiary/aromatic N) is 3. The van der Waals surface area contributed by atoms with E-state index in [2.05, 4.69) is 51.5 Å². The number of pyridine rings is 1. The molecule has 0 atom stereocenters. The average molecular weight is 439 g/mol. The first-order valence-corrected chi connectivity index (χ1v) is 11.8. The Balaban J connectivity index is 1.40. The van der Waals surface area contributed by atoms with E-state index in [1.54, 1.807) is 6.20 Å². The predicted molar refractivity (Wildman–Crippen MR) is 127 cm³/mol. The number of fused-ring (bicyclic) bond motifs is 1. The van der Waals surface area contributed by atoms with Gasteiger partial charge in [0, 0.05) is 31.9 Å². The van der Waals surface area contributed by atoms with Crippen LogP contribution in [0.5, 0.6) is 11.5 Å². The van der Waals surface area contributed by atoms with Gasteiger partial charge < -0.3 is 19.0 Å². The maximum Gasteiger partial charge on any atom is 0.276 e. The number of benzene rings is 1. The number of rotatable bonds is 9. The summed E-state index contributed by atoms with van der Waals surface area (Å²) in [5, 5.41) is 0. The summed E-state index contributed by atoms with van der Waals surface area (Å²) in [5.41, 5.74) is 2.56. The van der Waals surface area contributed by atoms with Gasteiger partial charge in [-0.3, -0.25) is 9.69 Å². The van der Waals surface area contributed by atoms with Crippen molar-refractivity contribution >= 4 is 11.0 Å². The quantitative estimate of drug-likeness (QED) is 0.531. The standard InChI is InChI=1S/C25H34N4O3/c1-4-20(5-2)32-22-8-7-18(15-23(22)31-6-3)16-28-13-10-19(11-14-28)29-17-27-24-21(29)9-12-26-25(24)30/h7-9,12,15,17,19-20H,4-6,10-11,13-14,16H2,1-3H3,(H,26,30). The minimum atomic E-state index is -0.125. The molecule has 1 saturated heterocycles. The summed E-state index contributed by atoms with van der Waals surface area (Å²) < 4.78 is 14.2. The van der Waals surface area contributed by atoms with Crippen molar-refractivity contribution in [3.8, 4) is 11.5 Å². The van der Waals surface area contributed by atoms with Gasteiger partial charge in [-0.25, -0.2) is 4.98 Å². The van der Waals surface area contributed by atoms with Crippen molar-refractivity contribution in [3.63, 3.8) is 0 Å². The molecule has 2 aromatic heterocycles. The number of ether oxygens (including phenoxy) is 2. The minimum Gasteiger partial charge on any atom is -0.490 e. The van der Waals surface area contributed by atoms with Gasteiger partial charge in [-0.1, -0.05) is 19.9 Å². The van der Waals surface area contributed by atoms with Crippen LogP contribution in [-0.2, 0) is 6.54 Å². The molecule has 0 radical (unpaired) electrons. The highest BCUT2D eigenvalue weighted by atomic mass is 16.5. The number of aromatic amines is 1. The van der Waals surface area contributed by atoms with Crippen molar-refractivity contribution in [2.45, 2.75) is 65.1 Å². The van der Waals surface area contributed by atoms with Gasteiger partial charge in [-0.05, 0) is 56.4 Å². The van der Waals surface area contributed by atoms with Gasteiger partial charge in [0.1, 0.15) is 0 Å². The summed E-state index contributed by atoms with van der Waals surface area (Å²) in [4.78, 5) is 21.5. The second kappa shape index (κ2) is 10.2. The molecule has 0 amide bonds. The van der Waals surface area contributed by atoms with Crippen LogP contribution >= 0.6 is 0 Å². The molecule has 0 bridgehead atoms. The number of hydrogen-bond donors (Lipinski definition) is 1. The number of H-pyrrole nitrogens is 1. The Bertz CT molecular complexity index is 1080. The van der Waals surface area contributed by atoms with Gasteiger partial charge in [0.2, 0.25) is 0 Å². The normalized spacial score (nSPS) is 15.5. The number of aromatic nitrogens is 3. The molecule has 172 valence electrons. The highest BCUT2D eigenvalue weighted by Gasteiger charge is 2.23. The van der Waals surface area contributed by atoms with E-state index in [1.807, 2.05) is 19.3 Å². The number of likely N-dealkylation sites (tertiary alicyclic amines) is 1. The Kier molecular flexibility index (Phi) is 7.15. The van der Waals surface area contributed by atoms with Crippen molar-refractivity contribution in [3.05, 3.63) is 52.7 Å². The first kappa shape index (κ1) is 22.4. The largest absolute Gasteiger partial charge is 0.490 e. The van der Waals surface area contributed by atoms with Gasteiger partial charge >= 0.3 is 0 Å². The van der Waals surface area contributed by atoms with Crippen LogP contribution in [0.3, 0.4) is 0 Å². The fraction of sp³-hybridized carbons (Fsp3) is 0.520. The zero-order valence-electron chi connectivity index (χ0n) is 19.3. The van der Waals surface area contributed by atoms with E-state index in [9.17, 15) is 4.79 Å². The van der Waals surface area contributed by atoms with E-state index in [4.69, 9.17) is 9.47 Å². The lowest BCUT2D eigenvalue weighted by Crippen LogP contribution is -2.34. The Hall–Kier alpha value is -2.80. The van der Waals surface area contributed by atoms with Crippen LogP contribution in [-0.4, -0.2) is 45.2 Å². The highest BCUT2D eigenvalue weighted by molar-refractivity contribution is 5.73. The Morgan fingerprint density at radius 1 is 1.12 bits per heavy atom. The van der Waals surface area contributed by atoms with Crippen molar-refractivity contribution in [1.82, 2.24) is 19.4 Å². The lowest BCUT2D eigenvalue weighted by atomic mass is 10.0. The van der Waals surface area contributed by atoms with Crippen molar-refractivity contribution in [2.24, 2.45) is 0 Å². The maximum absolute atomic E-state index is 12.0. The molecule has 4 rings (SSSR count). The number of nitrogens with one attached hydrogen (secondary N) is 1. The van der Waals surface area contributed by atoms with Crippen molar-refractivity contribution in [1.29, 1.82) is 0 Å². The van der Waals surface area contributed by atoms with Crippen LogP contribution in [0.15, 0.2) is 41.6 Å². The van der Waals surface area contributed by atoms with E-state index in [1.165, 1.54) is 5.56 Å². The zero-order valence-corrected chi connectivity index (χ0v) is 19.3. The van der Waals surface area contributed by atoms with Crippen LogP contribution in [0.25, 0.3) is 11.0 Å².